The Hall–Kier alpha value is -2.35. The molecule has 9 heteroatoms. The monoisotopic (exact) mass is 490 g/mol. The van der Waals surface area contributed by atoms with Gasteiger partial charge in [0.2, 0.25) is 0 Å². The number of benzene rings is 1. The molecule has 0 amide bonds. The van der Waals surface area contributed by atoms with Gasteiger partial charge in [0.05, 0.1) is 37.1 Å². The van der Waals surface area contributed by atoms with Crippen molar-refractivity contribution in [1.82, 2.24) is 15.0 Å². The first kappa shape index (κ1) is 23.8. The molecule has 0 radical (unpaired) electrons. The number of hydrogen-bond donors (Lipinski definition) is 0. The van der Waals surface area contributed by atoms with Crippen molar-refractivity contribution >= 4 is 39.9 Å². The third-order valence-electron chi connectivity index (χ3n) is 6.06. The summed E-state index contributed by atoms with van der Waals surface area (Å²) in [5.41, 5.74) is 2.38. The van der Waals surface area contributed by atoms with Gasteiger partial charge in [-0.25, -0.2) is 15.0 Å². The van der Waals surface area contributed by atoms with E-state index in [2.05, 4.69) is 16.8 Å². The maximum Gasteiger partial charge on any atom is 0.164 e. The molecule has 0 saturated carbocycles. The molecule has 7 nitrogen and oxygen atoms in total. The first-order valence-corrected chi connectivity index (χ1v) is 11.8. The standard InChI is InChI=1S/C24H28Cl2N4O3/c1-5-6-15-18(32-3)12-19(33-4)22(26)21(15)23-28-17-13-27-20(25)11-16(17)24(29-23)30-9-7-14(31-2)8-10-30/h11-14H,5-10H2,1-4H3. The highest BCUT2D eigenvalue weighted by Crippen LogP contribution is 2.44. The van der Waals surface area contributed by atoms with Crippen LogP contribution in [-0.4, -0.2) is 55.5 Å². The Balaban J connectivity index is 1.95. The van der Waals surface area contributed by atoms with Gasteiger partial charge in [-0.3, -0.25) is 0 Å². The molecule has 1 aliphatic heterocycles. The van der Waals surface area contributed by atoms with E-state index >= 15 is 0 Å². The lowest BCUT2D eigenvalue weighted by atomic mass is 10.00. The second-order valence-electron chi connectivity index (χ2n) is 8.02. The van der Waals surface area contributed by atoms with Crippen molar-refractivity contribution in [3.63, 3.8) is 0 Å². The summed E-state index contributed by atoms with van der Waals surface area (Å²) in [4.78, 5) is 16.4. The Labute approximate surface area is 204 Å². The van der Waals surface area contributed by atoms with E-state index in [4.69, 9.17) is 47.4 Å². The fourth-order valence-corrected chi connectivity index (χ4v) is 4.85. The van der Waals surface area contributed by atoms with Crippen molar-refractivity contribution in [1.29, 1.82) is 0 Å². The number of pyridine rings is 1. The van der Waals surface area contributed by atoms with Gasteiger partial charge in [0.25, 0.3) is 0 Å². The molecule has 1 aliphatic rings. The van der Waals surface area contributed by atoms with Gasteiger partial charge in [0.1, 0.15) is 22.5 Å². The predicted octanol–water partition coefficient (Wildman–Crippen LogP) is 5.58. The number of ether oxygens (including phenoxy) is 3. The topological polar surface area (TPSA) is 69.6 Å². The molecule has 4 rings (SSSR count). The molecular formula is C24H28Cl2N4O3. The van der Waals surface area contributed by atoms with E-state index in [0.29, 0.717) is 33.0 Å². The van der Waals surface area contributed by atoms with E-state index in [9.17, 15) is 0 Å². The van der Waals surface area contributed by atoms with Crippen molar-refractivity contribution in [2.75, 3.05) is 39.3 Å². The molecule has 1 aromatic carbocycles. The smallest absolute Gasteiger partial charge is 0.164 e. The Bertz CT molecular complexity index is 1150. The van der Waals surface area contributed by atoms with Crippen LogP contribution in [0.2, 0.25) is 10.2 Å². The average Bonchev–Trinajstić information content (AvgIpc) is 2.84. The van der Waals surface area contributed by atoms with Gasteiger partial charge in [0.15, 0.2) is 5.82 Å². The first-order valence-electron chi connectivity index (χ1n) is 11.0. The zero-order valence-corrected chi connectivity index (χ0v) is 20.8. The summed E-state index contributed by atoms with van der Waals surface area (Å²) in [6, 6.07) is 3.63. The number of nitrogens with zero attached hydrogens (tertiary/aromatic N) is 4. The summed E-state index contributed by atoms with van der Waals surface area (Å²) in [7, 11) is 4.99. The zero-order chi connectivity index (χ0) is 23.5. The van der Waals surface area contributed by atoms with E-state index in [0.717, 1.165) is 61.1 Å². The summed E-state index contributed by atoms with van der Waals surface area (Å²) >= 11 is 13.1. The molecule has 2 aromatic heterocycles. The van der Waals surface area contributed by atoms with Crippen LogP contribution < -0.4 is 14.4 Å². The third kappa shape index (κ3) is 4.67. The molecule has 0 aliphatic carbocycles. The molecule has 3 aromatic rings. The van der Waals surface area contributed by atoms with E-state index < -0.39 is 0 Å². The van der Waals surface area contributed by atoms with Gasteiger partial charge in [0, 0.05) is 42.8 Å². The summed E-state index contributed by atoms with van der Waals surface area (Å²) in [6.45, 7) is 3.75. The number of fused-ring (bicyclic) bond motifs is 1. The van der Waals surface area contributed by atoms with Crippen molar-refractivity contribution in [3.05, 3.63) is 34.1 Å². The van der Waals surface area contributed by atoms with Crippen LogP contribution in [0.5, 0.6) is 11.5 Å². The van der Waals surface area contributed by atoms with E-state index in [1.807, 2.05) is 12.1 Å². The van der Waals surface area contributed by atoms with Crippen LogP contribution >= 0.6 is 23.2 Å². The van der Waals surface area contributed by atoms with E-state index in [-0.39, 0.29) is 6.10 Å². The Morgan fingerprint density at radius 2 is 1.76 bits per heavy atom. The number of piperidine rings is 1. The molecule has 0 bridgehead atoms. The number of rotatable bonds is 7. The summed E-state index contributed by atoms with van der Waals surface area (Å²) in [5, 5.41) is 1.73. The van der Waals surface area contributed by atoms with Crippen LogP contribution in [0, 0.1) is 0 Å². The fourth-order valence-electron chi connectivity index (χ4n) is 4.36. The molecular weight excluding hydrogens is 463 g/mol. The van der Waals surface area contributed by atoms with E-state index in [1.165, 1.54) is 0 Å². The Kier molecular flexibility index (Phi) is 7.41. The van der Waals surface area contributed by atoms with Crippen molar-refractivity contribution in [3.8, 4) is 22.9 Å². The number of aromatic nitrogens is 3. The maximum absolute atomic E-state index is 6.84. The molecule has 3 heterocycles. The second-order valence-corrected chi connectivity index (χ2v) is 8.78. The quantitative estimate of drug-likeness (QED) is 0.400. The molecule has 0 atom stereocenters. The molecule has 0 spiro atoms. The van der Waals surface area contributed by atoms with Crippen molar-refractivity contribution in [2.45, 2.75) is 38.7 Å². The third-order valence-corrected chi connectivity index (χ3v) is 6.65. The average molecular weight is 491 g/mol. The largest absolute Gasteiger partial charge is 0.496 e. The van der Waals surface area contributed by atoms with Crippen LogP contribution in [-0.2, 0) is 11.2 Å². The van der Waals surface area contributed by atoms with Crippen LogP contribution in [0.4, 0.5) is 5.82 Å². The number of anilines is 1. The normalized spacial score (nSPS) is 14.7. The van der Waals surface area contributed by atoms with Crippen molar-refractivity contribution in [2.24, 2.45) is 0 Å². The minimum atomic E-state index is 0.257. The maximum atomic E-state index is 6.84. The number of halogens is 2. The van der Waals surface area contributed by atoms with Gasteiger partial charge in [-0.05, 0) is 25.3 Å². The summed E-state index contributed by atoms with van der Waals surface area (Å²) in [5.74, 6) is 2.55. The molecule has 33 heavy (non-hydrogen) atoms. The highest BCUT2D eigenvalue weighted by atomic mass is 35.5. The van der Waals surface area contributed by atoms with Gasteiger partial charge in [-0.15, -0.1) is 0 Å². The second kappa shape index (κ2) is 10.3. The van der Waals surface area contributed by atoms with Crippen LogP contribution in [0.25, 0.3) is 22.3 Å². The molecule has 1 saturated heterocycles. The van der Waals surface area contributed by atoms with Crippen molar-refractivity contribution < 1.29 is 14.2 Å². The molecule has 1 fully saturated rings. The minimum absolute atomic E-state index is 0.257. The van der Waals surface area contributed by atoms with Gasteiger partial charge >= 0.3 is 0 Å². The Morgan fingerprint density at radius 3 is 2.39 bits per heavy atom. The Morgan fingerprint density at radius 1 is 1.03 bits per heavy atom. The predicted molar refractivity (Wildman–Crippen MR) is 132 cm³/mol. The van der Waals surface area contributed by atoms with Gasteiger partial charge in [-0.2, -0.15) is 0 Å². The fraction of sp³-hybridized carbons (Fsp3) is 0.458. The minimum Gasteiger partial charge on any atom is -0.496 e. The van der Waals surface area contributed by atoms with Crippen LogP contribution in [0.15, 0.2) is 18.3 Å². The lowest BCUT2D eigenvalue weighted by Crippen LogP contribution is -2.37. The highest BCUT2D eigenvalue weighted by molar-refractivity contribution is 6.35. The SMILES string of the molecule is CCCc1c(OC)cc(OC)c(Cl)c1-c1nc(N2CCC(OC)CC2)c2cc(Cl)ncc2n1. The molecule has 176 valence electrons. The molecule has 0 N–H and O–H groups in total. The summed E-state index contributed by atoms with van der Waals surface area (Å²) in [6.07, 6.45) is 5.45. The van der Waals surface area contributed by atoms with E-state index in [1.54, 1.807) is 27.5 Å². The zero-order valence-electron chi connectivity index (χ0n) is 19.3. The number of hydrogen-bond acceptors (Lipinski definition) is 7. The van der Waals surface area contributed by atoms with Gasteiger partial charge < -0.3 is 19.1 Å². The van der Waals surface area contributed by atoms with Gasteiger partial charge in [-0.1, -0.05) is 36.5 Å². The lowest BCUT2D eigenvalue weighted by molar-refractivity contribution is 0.0818. The summed E-state index contributed by atoms with van der Waals surface area (Å²) < 4.78 is 16.8. The van der Waals surface area contributed by atoms with Crippen LogP contribution in [0.1, 0.15) is 31.7 Å². The van der Waals surface area contributed by atoms with Crippen LogP contribution in [0.3, 0.4) is 0 Å². The first-order chi connectivity index (χ1) is 16.0. The highest BCUT2D eigenvalue weighted by Gasteiger charge is 2.26. The molecule has 0 unspecified atom stereocenters. The number of methoxy groups -OCH3 is 3. The lowest BCUT2D eigenvalue weighted by Gasteiger charge is -2.33.